The molecule has 0 aromatic carbocycles. The molecule has 9 heteroatoms. The Morgan fingerprint density at radius 1 is 1.50 bits per heavy atom. The molecule has 2 aromatic rings. The molecule has 3 rings (SSSR count). The van der Waals surface area contributed by atoms with Gasteiger partial charge in [0.1, 0.15) is 16.4 Å². The first-order valence-corrected chi connectivity index (χ1v) is 10.8. The summed E-state index contributed by atoms with van der Waals surface area (Å²) >= 11 is 8.99. The van der Waals surface area contributed by atoms with Gasteiger partial charge in [-0.25, -0.2) is 4.79 Å². The number of pyridine rings is 1. The molecule has 1 aliphatic carbocycles. The number of amides is 1. The van der Waals surface area contributed by atoms with E-state index in [1.807, 2.05) is 10.8 Å². The van der Waals surface area contributed by atoms with Gasteiger partial charge in [0.15, 0.2) is 0 Å². The molecule has 0 bridgehead atoms. The van der Waals surface area contributed by atoms with Crippen LogP contribution in [0.5, 0.6) is 0 Å². The van der Waals surface area contributed by atoms with E-state index in [4.69, 9.17) is 16.3 Å². The first-order valence-electron chi connectivity index (χ1n) is 8.18. The van der Waals surface area contributed by atoms with Gasteiger partial charge in [0.2, 0.25) is 5.43 Å². The number of nitrogens with zero attached hydrogens (tertiary/aromatic N) is 1. The lowest BCUT2D eigenvalue weighted by molar-refractivity contribution is -0.142. The van der Waals surface area contributed by atoms with Crippen molar-refractivity contribution >= 4 is 56.8 Å². The summed E-state index contributed by atoms with van der Waals surface area (Å²) in [6.45, 7) is 0. The Morgan fingerprint density at radius 2 is 2.23 bits per heavy atom. The summed E-state index contributed by atoms with van der Waals surface area (Å²) in [6.07, 6.45) is 5.95. The molecular weight excluding hydrogens is 396 g/mol. The Balaban J connectivity index is 1.95. The number of esters is 1. The fourth-order valence-electron chi connectivity index (χ4n) is 2.76. The van der Waals surface area contributed by atoms with Gasteiger partial charge < -0.3 is 14.6 Å². The maximum absolute atomic E-state index is 12.8. The van der Waals surface area contributed by atoms with Gasteiger partial charge >= 0.3 is 5.97 Å². The lowest BCUT2D eigenvalue weighted by atomic mass is 10.1. The molecule has 2 heterocycles. The largest absolute Gasteiger partial charge is 0.467 e. The molecule has 0 spiro atoms. The molecule has 1 fully saturated rings. The van der Waals surface area contributed by atoms with E-state index in [1.54, 1.807) is 24.0 Å². The number of rotatable bonds is 7. The van der Waals surface area contributed by atoms with E-state index < -0.39 is 17.9 Å². The van der Waals surface area contributed by atoms with Crippen LogP contribution in [0, 0.1) is 0 Å². The number of hydrogen-bond acceptors (Lipinski definition) is 6. The van der Waals surface area contributed by atoms with Crippen molar-refractivity contribution in [1.29, 1.82) is 0 Å². The molecule has 26 heavy (non-hydrogen) atoms. The molecule has 1 atom stereocenters. The molecular formula is C17H19ClN2O4S2. The third kappa shape index (κ3) is 3.92. The van der Waals surface area contributed by atoms with Crippen molar-refractivity contribution in [1.82, 2.24) is 9.88 Å². The highest BCUT2D eigenvalue weighted by Gasteiger charge is 2.29. The standard InChI is InChI=1S/C17H19ClN2O4S2/c1-24-17(23)12(5-6-25-2)19-15(22)11-8-20(9-3-4-9)16-10(14(11)21)7-13(18)26-16/h7-9,12H,3-6H2,1-2H3,(H,19,22). The number of fused-ring (bicyclic) bond motifs is 1. The first kappa shape index (κ1) is 19.3. The number of methoxy groups -OCH3 is 1. The molecule has 1 aliphatic rings. The van der Waals surface area contributed by atoms with Crippen LogP contribution in [0.1, 0.15) is 35.7 Å². The van der Waals surface area contributed by atoms with Crippen LogP contribution >= 0.6 is 34.7 Å². The summed E-state index contributed by atoms with van der Waals surface area (Å²) in [4.78, 5) is 38.2. The molecule has 0 radical (unpaired) electrons. The molecule has 2 aromatic heterocycles. The Morgan fingerprint density at radius 3 is 2.85 bits per heavy atom. The van der Waals surface area contributed by atoms with Gasteiger partial charge in [-0.2, -0.15) is 11.8 Å². The Kier molecular flexibility index (Phi) is 5.94. The van der Waals surface area contributed by atoms with Gasteiger partial charge in [-0.1, -0.05) is 11.6 Å². The Bertz CT molecular complexity index is 904. The van der Waals surface area contributed by atoms with Crippen molar-refractivity contribution in [2.45, 2.75) is 31.3 Å². The minimum absolute atomic E-state index is 0.0249. The van der Waals surface area contributed by atoms with Gasteiger partial charge in [0, 0.05) is 12.2 Å². The normalized spacial score (nSPS) is 15.0. The first-order chi connectivity index (χ1) is 12.5. The predicted octanol–water partition coefficient (Wildman–Crippen LogP) is 3.08. The zero-order valence-electron chi connectivity index (χ0n) is 14.4. The van der Waals surface area contributed by atoms with Gasteiger partial charge in [-0.15, -0.1) is 11.3 Å². The molecule has 140 valence electrons. The number of carbonyl (C=O) groups is 2. The minimum Gasteiger partial charge on any atom is -0.467 e. The zero-order chi connectivity index (χ0) is 18.8. The van der Waals surface area contributed by atoms with Crippen molar-refractivity contribution in [2.24, 2.45) is 0 Å². The second-order valence-electron chi connectivity index (χ2n) is 6.11. The van der Waals surface area contributed by atoms with E-state index in [-0.39, 0.29) is 17.0 Å². The number of ether oxygens (including phenoxy) is 1. The summed E-state index contributed by atoms with van der Waals surface area (Å²) in [5, 5.41) is 3.09. The number of halogens is 1. The molecule has 1 saturated carbocycles. The second kappa shape index (κ2) is 8.02. The van der Waals surface area contributed by atoms with Crippen LogP contribution in [-0.2, 0) is 9.53 Å². The minimum atomic E-state index is -0.782. The Hall–Kier alpha value is -1.51. The smallest absolute Gasteiger partial charge is 0.328 e. The third-order valence-electron chi connectivity index (χ3n) is 4.26. The fraction of sp³-hybridized carbons (Fsp3) is 0.471. The summed E-state index contributed by atoms with van der Waals surface area (Å²) < 4.78 is 7.23. The number of carbonyl (C=O) groups excluding carboxylic acids is 2. The van der Waals surface area contributed by atoms with E-state index >= 15 is 0 Å². The number of hydrogen-bond donors (Lipinski definition) is 1. The molecule has 1 unspecified atom stereocenters. The zero-order valence-corrected chi connectivity index (χ0v) is 16.8. The lowest BCUT2D eigenvalue weighted by Gasteiger charge is -2.16. The van der Waals surface area contributed by atoms with Crippen molar-refractivity contribution in [3.05, 3.63) is 32.4 Å². The van der Waals surface area contributed by atoms with E-state index in [1.165, 1.54) is 18.4 Å². The highest BCUT2D eigenvalue weighted by molar-refractivity contribution is 7.98. The maximum Gasteiger partial charge on any atom is 0.328 e. The maximum atomic E-state index is 12.8. The summed E-state index contributed by atoms with van der Waals surface area (Å²) in [6, 6.07) is 1.10. The highest BCUT2D eigenvalue weighted by Crippen LogP contribution is 2.39. The van der Waals surface area contributed by atoms with Crippen LogP contribution < -0.4 is 10.7 Å². The van der Waals surface area contributed by atoms with Crippen molar-refractivity contribution in [3.63, 3.8) is 0 Å². The SMILES string of the molecule is COC(=O)C(CCSC)NC(=O)c1cn(C2CC2)c2sc(Cl)cc2c1=O. The van der Waals surface area contributed by atoms with Crippen LogP contribution in [-0.4, -0.2) is 41.6 Å². The van der Waals surface area contributed by atoms with Crippen molar-refractivity contribution in [3.8, 4) is 0 Å². The highest BCUT2D eigenvalue weighted by atomic mass is 35.5. The average Bonchev–Trinajstić information content (AvgIpc) is 3.38. The van der Waals surface area contributed by atoms with Crippen LogP contribution in [0.4, 0.5) is 0 Å². The second-order valence-corrected chi connectivity index (χ2v) is 8.76. The van der Waals surface area contributed by atoms with Crippen LogP contribution in [0.25, 0.3) is 10.2 Å². The summed E-state index contributed by atoms with van der Waals surface area (Å²) in [7, 11) is 1.28. The number of thiophene rings is 1. The quantitative estimate of drug-likeness (QED) is 0.704. The predicted molar refractivity (Wildman–Crippen MR) is 106 cm³/mol. The molecule has 0 aliphatic heterocycles. The Labute approximate surface area is 163 Å². The average molecular weight is 415 g/mol. The molecule has 1 N–H and O–H groups in total. The van der Waals surface area contributed by atoms with E-state index in [9.17, 15) is 14.4 Å². The molecule has 6 nitrogen and oxygen atoms in total. The lowest BCUT2D eigenvalue weighted by Crippen LogP contribution is -2.43. The topological polar surface area (TPSA) is 77.4 Å². The van der Waals surface area contributed by atoms with Gasteiger partial charge in [0.25, 0.3) is 5.91 Å². The number of aromatic nitrogens is 1. The molecule has 1 amide bonds. The third-order valence-corrected chi connectivity index (χ3v) is 6.18. The fourth-order valence-corrected chi connectivity index (χ4v) is 4.49. The van der Waals surface area contributed by atoms with Gasteiger partial charge in [0.05, 0.1) is 16.8 Å². The summed E-state index contributed by atoms with van der Waals surface area (Å²) in [5.41, 5.74) is -0.344. The number of nitrogens with one attached hydrogen (secondary N) is 1. The number of thioether (sulfide) groups is 1. The van der Waals surface area contributed by atoms with Crippen molar-refractivity contribution in [2.75, 3.05) is 19.1 Å². The van der Waals surface area contributed by atoms with E-state index in [0.29, 0.717) is 21.9 Å². The van der Waals surface area contributed by atoms with E-state index in [2.05, 4.69) is 5.32 Å². The van der Waals surface area contributed by atoms with Crippen LogP contribution in [0.2, 0.25) is 4.34 Å². The summed E-state index contributed by atoms with van der Waals surface area (Å²) in [5.74, 6) is -0.398. The monoisotopic (exact) mass is 414 g/mol. The van der Waals surface area contributed by atoms with Crippen molar-refractivity contribution < 1.29 is 14.3 Å². The molecule has 0 saturated heterocycles. The van der Waals surface area contributed by atoms with E-state index in [0.717, 1.165) is 17.7 Å². The van der Waals surface area contributed by atoms with Gasteiger partial charge in [-0.05, 0) is 37.3 Å². The van der Waals surface area contributed by atoms with Crippen LogP contribution in [0.15, 0.2) is 17.1 Å². The van der Waals surface area contributed by atoms with Crippen LogP contribution in [0.3, 0.4) is 0 Å². The van der Waals surface area contributed by atoms with Gasteiger partial charge in [-0.3, -0.25) is 9.59 Å².